The second kappa shape index (κ2) is 3.02. The average Bonchev–Trinajstić information content (AvgIpc) is 2.62. The zero-order valence-electron chi connectivity index (χ0n) is 7.39. The van der Waals surface area contributed by atoms with E-state index in [-0.39, 0.29) is 5.56 Å². The van der Waals surface area contributed by atoms with Gasteiger partial charge in [-0.3, -0.25) is 0 Å². The molecule has 0 radical (unpaired) electrons. The third-order valence-corrected chi connectivity index (χ3v) is 2.11. The van der Waals surface area contributed by atoms with Crippen LogP contribution in [0.25, 0.3) is 10.9 Å². The van der Waals surface area contributed by atoms with Gasteiger partial charge in [0.2, 0.25) is 0 Å². The van der Waals surface area contributed by atoms with Crippen molar-refractivity contribution < 1.29 is 13.2 Å². The molecule has 0 saturated carbocycles. The minimum absolute atomic E-state index is 0.00447. The molecule has 0 bridgehead atoms. The molecule has 2 aromatic rings. The molecule has 15 heavy (non-hydrogen) atoms. The molecule has 0 aliphatic rings. The van der Waals surface area contributed by atoms with Gasteiger partial charge in [-0.1, -0.05) is 0 Å². The van der Waals surface area contributed by atoms with Crippen molar-refractivity contribution >= 4 is 10.9 Å². The maximum Gasteiger partial charge on any atom is 0.416 e. The van der Waals surface area contributed by atoms with E-state index in [9.17, 15) is 13.2 Å². The van der Waals surface area contributed by atoms with Crippen LogP contribution in [0.15, 0.2) is 24.4 Å². The summed E-state index contributed by atoms with van der Waals surface area (Å²) >= 11 is 0. The number of hydrogen-bond acceptors (Lipinski definition) is 1. The van der Waals surface area contributed by atoms with Gasteiger partial charge >= 0.3 is 6.18 Å². The first-order valence-corrected chi connectivity index (χ1v) is 4.11. The van der Waals surface area contributed by atoms with Crippen LogP contribution in [0.4, 0.5) is 13.2 Å². The number of rotatable bonds is 0. The molecule has 1 aromatic heterocycles. The standard InChI is InChI=1S/C10H5F3N2/c11-10(12,13)8-3-6-1-2-15-9(6)7(4-8)5-14/h1-4,15H. The molecule has 2 nitrogen and oxygen atoms in total. The highest BCUT2D eigenvalue weighted by molar-refractivity contribution is 5.85. The number of halogens is 3. The van der Waals surface area contributed by atoms with Crippen LogP contribution < -0.4 is 0 Å². The molecular formula is C10H5F3N2. The molecule has 0 aliphatic carbocycles. The van der Waals surface area contributed by atoms with Gasteiger partial charge in [-0.2, -0.15) is 18.4 Å². The number of aromatic amines is 1. The minimum Gasteiger partial charge on any atom is -0.360 e. The molecule has 2 rings (SSSR count). The van der Waals surface area contributed by atoms with Crippen molar-refractivity contribution in [2.45, 2.75) is 6.18 Å². The third-order valence-electron chi connectivity index (χ3n) is 2.11. The van der Waals surface area contributed by atoms with E-state index >= 15 is 0 Å². The Kier molecular flexibility index (Phi) is 1.93. The number of nitrogens with one attached hydrogen (secondary N) is 1. The maximum atomic E-state index is 12.4. The second-order valence-corrected chi connectivity index (χ2v) is 3.08. The highest BCUT2D eigenvalue weighted by Crippen LogP contribution is 2.32. The summed E-state index contributed by atoms with van der Waals surface area (Å²) in [5.74, 6) is 0. The van der Waals surface area contributed by atoms with Crippen molar-refractivity contribution in [3.63, 3.8) is 0 Å². The largest absolute Gasteiger partial charge is 0.416 e. The molecule has 5 heteroatoms. The number of H-pyrrole nitrogens is 1. The van der Waals surface area contributed by atoms with Crippen LogP contribution in [-0.2, 0) is 6.18 Å². The Balaban J connectivity index is 2.76. The van der Waals surface area contributed by atoms with Crippen molar-refractivity contribution in [2.75, 3.05) is 0 Å². The lowest BCUT2D eigenvalue weighted by atomic mass is 10.1. The van der Waals surface area contributed by atoms with Crippen LogP contribution in [0.3, 0.4) is 0 Å². The smallest absolute Gasteiger partial charge is 0.360 e. The van der Waals surface area contributed by atoms with E-state index in [1.807, 2.05) is 0 Å². The van der Waals surface area contributed by atoms with Gasteiger partial charge in [-0.05, 0) is 18.2 Å². The normalized spacial score (nSPS) is 11.6. The van der Waals surface area contributed by atoms with E-state index in [0.29, 0.717) is 10.9 Å². The lowest BCUT2D eigenvalue weighted by molar-refractivity contribution is -0.137. The molecule has 1 aromatic carbocycles. The number of alkyl halides is 3. The van der Waals surface area contributed by atoms with Crippen molar-refractivity contribution in [3.05, 3.63) is 35.5 Å². The van der Waals surface area contributed by atoms with Crippen LogP contribution in [-0.4, -0.2) is 4.98 Å². The van der Waals surface area contributed by atoms with Crippen LogP contribution in [0.5, 0.6) is 0 Å². The fourth-order valence-electron chi connectivity index (χ4n) is 1.42. The molecule has 0 spiro atoms. The van der Waals surface area contributed by atoms with E-state index in [4.69, 9.17) is 5.26 Å². The summed E-state index contributed by atoms with van der Waals surface area (Å²) < 4.78 is 37.3. The fraction of sp³-hybridized carbons (Fsp3) is 0.100. The van der Waals surface area contributed by atoms with Crippen LogP contribution in [0.1, 0.15) is 11.1 Å². The van der Waals surface area contributed by atoms with E-state index in [1.54, 1.807) is 6.07 Å². The molecule has 0 atom stereocenters. The molecule has 1 heterocycles. The number of aromatic nitrogens is 1. The van der Waals surface area contributed by atoms with Gasteiger partial charge in [0.1, 0.15) is 6.07 Å². The Morgan fingerprint density at radius 2 is 2.00 bits per heavy atom. The summed E-state index contributed by atoms with van der Waals surface area (Å²) in [7, 11) is 0. The van der Waals surface area contributed by atoms with Crippen molar-refractivity contribution in [2.24, 2.45) is 0 Å². The molecule has 0 amide bonds. The Morgan fingerprint density at radius 3 is 2.60 bits per heavy atom. The summed E-state index contributed by atoms with van der Waals surface area (Å²) in [6, 6.07) is 5.11. The van der Waals surface area contributed by atoms with Crippen molar-refractivity contribution in [1.29, 1.82) is 5.26 Å². The highest BCUT2D eigenvalue weighted by atomic mass is 19.4. The quantitative estimate of drug-likeness (QED) is 0.713. The van der Waals surface area contributed by atoms with E-state index in [2.05, 4.69) is 4.98 Å². The van der Waals surface area contributed by atoms with Crippen LogP contribution in [0.2, 0.25) is 0 Å². The average molecular weight is 210 g/mol. The number of nitrogens with zero attached hydrogens (tertiary/aromatic N) is 1. The topological polar surface area (TPSA) is 39.6 Å². The first-order chi connectivity index (χ1) is 7.02. The van der Waals surface area contributed by atoms with Gasteiger partial charge in [0.15, 0.2) is 0 Å². The third kappa shape index (κ3) is 1.54. The molecule has 0 saturated heterocycles. The number of benzene rings is 1. The zero-order chi connectivity index (χ0) is 11.1. The first-order valence-electron chi connectivity index (χ1n) is 4.11. The maximum absolute atomic E-state index is 12.4. The van der Waals surface area contributed by atoms with Gasteiger partial charge in [0, 0.05) is 11.6 Å². The lowest BCUT2D eigenvalue weighted by Crippen LogP contribution is -2.05. The predicted molar refractivity (Wildman–Crippen MR) is 48.0 cm³/mol. The van der Waals surface area contributed by atoms with Gasteiger partial charge in [-0.15, -0.1) is 0 Å². The molecule has 0 aliphatic heterocycles. The number of fused-ring (bicyclic) bond motifs is 1. The number of nitriles is 1. The molecule has 1 N–H and O–H groups in total. The van der Waals surface area contributed by atoms with Gasteiger partial charge in [0.05, 0.1) is 16.6 Å². The van der Waals surface area contributed by atoms with Gasteiger partial charge in [0.25, 0.3) is 0 Å². The van der Waals surface area contributed by atoms with Crippen LogP contribution >= 0.6 is 0 Å². The Hall–Kier alpha value is -1.96. The molecule has 0 unspecified atom stereocenters. The van der Waals surface area contributed by atoms with Crippen LogP contribution in [0, 0.1) is 11.3 Å². The zero-order valence-corrected chi connectivity index (χ0v) is 7.39. The molecule has 76 valence electrons. The summed E-state index contributed by atoms with van der Waals surface area (Å²) in [4.78, 5) is 2.73. The van der Waals surface area contributed by atoms with E-state index in [1.165, 1.54) is 12.3 Å². The lowest BCUT2D eigenvalue weighted by Gasteiger charge is -2.07. The minimum atomic E-state index is -4.42. The predicted octanol–water partition coefficient (Wildman–Crippen LogP) is 3.06. The molecule has 0 fully saturated rings. The monoisotopic (exact) mass is 210 g/mol. The summed E-state index contributed by atoms with van der Waals surface area (Å²) in [5, 5.41) is 9.10. The number of hydrogen-bond donors (Lipinski definition) is 1. The second-order valence-electron chi connectivity index (χ2n) is 3.08. The fourth-order valence-corrected chi connectivity index (χ4v) is 1.42. The van der Waals surface area contributed by atoms with Gasteiger partial charge < -0.3 is 4.98 Å². The first kappa shape index (κ1) is 9.59. The van der Waals surface area contributed by atoms with Crippen molar-refractivity contribution in [3.8, 4) is 6.07 Å². The van der Waals surface area contributed by atoms with Gasteiger partial charge in [-0.25, -0.2) is 0 Å². The van der Waals surface area contributed by atoms with E-state index in [0.717, 1.165) is 12.1 Å². The Labute approximate surface area is 82.9 Å². The Bertz CT molecular complexity index is 546. The SMILES string of the molecule is N#Cc1cc(C(F)(F)F)cc2cc[nH]c12. The summed E-state index contributed by atoms with van der Waals surface area (Å²) in [6.07, 6.45) is -2.91. The summed E-state index contributed by atoms with van der Waals surface area (Å²) in [5.41, 5.74) is -0.360. The highest BCUT2D eigenvalue weighted by Gasteiger charge is 2.31. The Morgan fingerprint density at radius 1 is 1.27 bits per heavy atom. The summed E-state index contributed by atoms with van der Waals surface area (Å²) in [6.45, 7) is 0. The molecular weight excluding hydrogens is 205 g/mol. The van der Waals surface area contributed by atoms with Crippen molar-refractivity contribution in [1.82, 2.24) is 4.98 Å². The van der Waals surface area contributed by atoms with E-state index < -0.39 is 11.7 Å².